The van der Waals surface area contributed by atoms with Crippen molar-refractivity contribution < 1.29 is 9.90 Å². The smallest absolute Gasteiger partial charge is 0.355 e. The van der Waals surface area contributed by atoms with E-state index in [-0.39, 0.29) is 5.69 Å². The van der Waals surface area contributed by atoms with E-state index >= 15 is 0 Å². The molecule has 1 saturated carbocycles. The Morgan fingerprint density at radius 2 is 1.95 bits per heavy atom. The van der Waals surface area contributed by atoms with Crippen LogP contribution in [0.25, 0.3) is 0 Å². The van der Waals surface area contributed by atoms with E-state index in [0.717, 1.165) is 18.0 Å². The number of carboxylic acids is 1. The normalized spacial score (nSPS) is 22.1. The molecule has 1 aliphatic rings. The predicted molar refractivity (Wildman–Crippen MR) is 77.9 cm³/mol. The lowest BCUT2D eigenvalue weighted by atomic mass is 9.63. The summed E-state index contributed by atoms with van der Waals surface area (Å²) in [6.45, 7) is 9.19. The van der Waals surface area contributed by atoms with Gasteiger partial charge in [0.1, 0.15) is 0 Å². The Morgan fingerprint density at radius 3 is 2.42 bits per heavy atom. The molecule has 2 N–H and O–H groups in total. The van der Waals surface area contributed by atoms with Gasteiger partial charge in [0.15, 0.2) is 10.8 Å². The Hall–Kier alpha value is -1.10. The van der Waals surface area contributed by atoms with Gasteiger partial charge in [0.25, 0.3) is 0 Å². The van der Waals surface area contributed by atoms with Crippen LogP contribution in [0.2, 0.25) is 0 Å². The van der Waals surface area contributed by atoms with Gasteiger partial charge in [0, 0.05) is 11.4 Å². The number of nitrogens with one attached hydrogen (secondary N) is 1. The minimum Gasteiger partial charge on any atom is -0.476 e. The third kappa shape index (κ3) is 3.69. The topological polar surface area (TPSA) is 62.2 Å². The molecule has 1 aromatic rings. The van der Waals surface area contributed by atoms with E-state index in [4.69, 9.17) is 5.11 Å². The molecule has 1 aliphatic carbocycles. The number of carboxylic acid groups (broad SMARTS) is 1. The zero-order valence-corrected chi connectivity index (χ0v) is 12.8. The van der Waals surface area contributed by atoms with Gasteiger partial charge in [-0.15, -0.1) is 11.3 Å². The third-order valence-corrected chi connectivity index (χ3v) is 4.38. The van der Waals surface area contributed by atoms with Crippen molar-refractivity contribution in [3.05, 3.63) is 11.1 Å². The molecule has 19 heavy (non-hydrogen) atoms. The average Bonchev–Trinajstić information content (AvgIpc) is 2.60. The number of nitrogens with zero attached hydrogens (tertiary/aromatic N) is 1. The number of thiazole rings is 1. The summed E-state index contributed by atoms with van der Waals surface area (Å²) in [6, 6.07) is 0.367. The van der Waals surface area contributed by atoms with Gasteiger partial charge in [-0.05, 0) is 30.1 Å². The maximum atomic E-state index is 10.8. The van der Waals surface area contributed by atoms with E-state index in [2.05, 4.69) is 38.0 Å². The number of rotatable bonds is 3. The van der Waals surface area contributed by atoms with Crippen molar-refractivity contribution in [2.24, 2.45) is 10.8 Å². The molecule has 0 radical (unpaired) electrons. The van der Waals surface area contributed by atoms with Gasteiger partial charge < -0.3 is 10.4 Å². The van der Waals surface area contributed by atoms with Crippen molar-refractivity contribution in [1.29, 1.82) is 0 Å². The van der Waals surface area contributed by atoms with Crippen molar-refractivity contribution in [2.75, 3.05) is 5.32 Å². The van der Waals surface area contributed by atoms with Crippen LogP contribution in [0.1, 0.15) is 57.4 Å². The summed E-state index contributed by atoms with van der Waals surface area (Å²) < 4.78 is 0. The Balaban J connectivity index is 2.07. The van der Waals surface area contributed by atoms with Crippen LogP contribution >= 0.6 is 11.3 Å². The molecule has 4 nitrogen and oxygen atoms in total. The van der Waals surface area contributed by atoms with E-state index in [1.54, 1.807) is 5.38 Å². The van der Waals surface area contributed by atoms with Crippen molar-refractivity contribution in [3.63, 3.8) is 0 Å². The average molecular weight is 282 g/mol. The van der Waals surface area contributed by atoms with Crippen LogP contribution in [0.5, 0.6) is 0 Å². The molecule has 0 bridgehead atoms. The minimum atomic E-state index is -0.964. The molecule has 1 aromatic heterocycles. The second-order valence-corrected chi connectivity index (χ2v) is 7.96. The Kier molecular flexibility index (Phi) is 3.60. The molecular weight excluding hydrogens is 260 g/mol. The zero-order valence-electron chi connectivity index (χ0n) is 12.0. The molecule has 0 amide bonds. The van der Waals surface area contributed by atoms with Crippen LogP contribution in [-0.2, 0) is 0 Å². The van der Waals surface area contributed by atoms with Crippen molar-refractivity contribution in [2.45, 2.75) is 53.0 Å². The van der Waals surface area contributed by atoms with Crippen LogP contribution in [-0.4, -0.2) is 22.1 Å². The zero-order chi connectivity index (χ0) is 14.3. The van der Waals surface area contributed by atoms with Gasteiger partial charge in [-0.25, -0.2) is 9.78 Å². The van der Waals surface area contributed by atoms with E-state index in [9.17, 15) is 4.79 Å². The van der Waals surface area contributed by atoms with Gasteiger partial charge in [-0.2, -0.15) is 0 Å². The van der Waals surface area contributed by atoms with Gasteiger partial charge in [0.05, 0.1) is 0 Å². The fourth-order valence-electron chi connectivity index (χ4n) is 3.56. The van der Waals surface area contributed by atoms with Crippen LogP contribution in [0, 0.1) is 10.8 Å². The second-order valence-electron chi connectivity index (χ2n) is 7.10. The highest BCUT2D eigenvalue weighted by Crippen LogP contribution is 2.46. The third-order valence-electron chi connectivity index (χ3n) is 3.61. The molecule has 0 saturated heterocycles. The molecule has 0 aromatic carbocycles. The van der Waals surface area contributed by atoms with Crippen molar-refractivity contribution >= 4 is 22.4 Å². The molecular formula is C14H22N2O2S. The number of aromatic nitrogens is 1. The first-order valence-electron chi connectivity index (χ1n) is 6.62. The lowest BCUT2D eigenvalue weighted by molar-refractivity contribution is 0.0691. The molecule has 1 heterocycles. The van der Waals surface area contributed by atoms with Gasteiger partial charge in [-0.1, -0.05) is 27.7 Å². The lowest BCUT2D eigenvalue weighted by Gasteiger charge is -2.45. The minimum absolute atomic E-state index is 0.127. The van der Waals surface area contributed by atoms with Crippen LogP contribution in [0.4, 0.5) is 5.13 Å². The highest BCUT2D eigenvalue weighted by molar-refractivity contribution is 7.13. The quantitative estimate of drug-likeness (QED) is 0.883. The summed E-state index contributed by atoms with van der Waals surface area (Å²) >= 11 is 1.37. The molecule has 5 heteroatoms. The Bertz CT molecular complexity index is 464. The molecule has 1 fully saturated rings. The molecule has 2 rings (SSSR count). The van der Waals surface area contributed by atoms with Crippen molar-refractivity contribution in [3.8, 4) is 0 Å². The molecule has 0 atom stereocenters. The molecule has 106 valence electrons. The van der Waals surface area contributed by atoms with Gasteiger partial charge in [-0.3, -0.25) is 0 Å². The summed E-state index contributed by atoms with van der Waals surface area (Å²) in [5.41, 5.74) is 0.750. The molecule has 0 spiro atoms. The Morgan fingerprint density at radius 1 is 1.37 bits per heavy atom. The van der Waals surface area contributed by atoms with E-state index in [1.165, 1.54) is 17.8 Å². The number of carbonyl (C=O) groups is 1. The first kappa shape index (κ1) is 14.3. The molecule has 0 aliphatic heterocycles. The monoisotopic (exact) mass is 282 g/mol. The maximum Gasteiger partial charge on any atom is 0.355 e. The SMILES string of the molecule is CC1(C)CC(Nc2nc(C(=O)O)cs2)CC(C)(C)C1. The van der Waals surface area contributed by atoms with E-state index in [0.29, 0.717) is 16.9 Å². The van der Waals surface area contributed by atoms with Crippen LogP contribution in [0.3, 0.4) is 0 Å². The fourth-order valence-corrected chi connectivity index (χ4v) is 4.32. The summed E-state index contributed by atoms with van der Waals surface area (Å²) in [7, 11) is 0. The maximum absolute atomic E-state index is 10.8. The second kappa shape index (κ2) is 4.78. The van der Waals surface area contributed by atoms with Gasteiger partial charge in [0.2, 0.25) is 0 Å². The summed E-state index contributed by atoms with van der Waals surface area (Å²) in [6.07, 6.45) is 3.41. The largest absolute Gasteiger partial charge is 0.476 e. The standard InChI is InChI=1S/C14H22N2O2S/c1-13(2)5-9(6-14(3,4)8-13)15-12-16-10(7-19-12)11(17)18/h7,9H,5-6,8H2,1-4H3,(H,15,16)(H,17,18). The molecule has 0 unspecified atom stereocenters. The van der Waals surface area contributed by atoms with Crippen molar-refractivity contribution in [1.82, 2.24) is 4.98 Å². The Labute approximate surface area is 118 Å². The van der Waals surface area contributed by atoms with E-state index in [1.807, 2.05) is 0 Å². The lowest BCUT2D eigenvalue weighted by Crippen LogP contribution is -2.40. The number of hydrogen-bond acceptors (Lipinski definition) is 4. The number of hydrogen-bond donors (Lipinski definition) is 2. The summed E-state index contributed by atoms with van der Waals surface area (Å²) in [5, 5.41) is 14.6. The first-order valence-corrected chi connectivity index (χ1v) is 7.50. The predicted octanol–water partition coefficient (Wildman–Crippen LogP) is 3.86. The summed E-state index contributed by atoms with van der Waals surface area (Å²) in [4.78, 5) is 14.9. The fraction of sp³-hybridized carbons (Fsp3) is 0.714. The van der Waals surface area contributed by atoms with Crippen LogP contribution < -0.4 is 5.32 Å². The number of aromatic carboxylic acids is 1. The first-order chi connectivity index (χ1) is 8.67. The highest BCUT2D eigenvalue weighted by Gasteiger charge is 2.38. The van der Waals surface area contributed by atoms with Crippen LogP contribution in [0.15, 0.2) is 5.38 Å². The highest BCUT2D eigenvalue weighted by atomic mass is 32.1. The summed E-state index contributed by atoms with van der Waals surface area (Å²) in [5.74, 6) is -0.964. The number of anilines is 1. The van der Waals surface area contributed by atoms with E-state index < -0.39 is 5.97 Å². The van der Waals surface area contributed by atoms with Gasteiger partial charge >= 0.3 is 5.97 Å².